The molecular weight excluding hydrogens is 362 g/mol. The van der Waals surface area contributed by atoms with Crippen LogP contribution in [0.2, 0.25) is 0 Å². The molecule has 29 heavy (non-hydrogen) atoms. The average molecular weight is 394 g/mol. The van der Waals surface area contributed by atoms with E-state index in [1.165, 1.54) is 19.3 Å². The van der Waals surface area contributed by atoms with E-state index in [2.05, 4.69) is 6.92 Å². The Labute approximate surface area is 173 Å². The summed E-state index contributed by atoms with van der Waals surface area (Å²) < 4.78 is 0. The first-order chi connectivity index (χ1) is 14.2. The second-order valence-corrected chi connectivity index (χ2v) is 8.29. The quantitative estimate of drug-likeness (QED) is 0.709. The highest BCUT2D eigenvalue weighted by atomic mass is 16.2. The zero-order valence-electron chi connectivity index (χ0n) is 17.6. The number of amides is 2. The molecule has 5 nitrogen and oxygen atoms in total. The van der Waals surface area contributed by atoms with E-state index in [0.717, 1.165) is 48.7 Å². The second-order valence-electron chi connectivity index (χ2n) is 8.29. The van der Waals surface area contributed by atoms with Crippen molar-refractivity contribution in [2.24, 2.45) is 0 Å². The summed E-state index contributed by atoms with van der Waals surface area (Å²) >= 11 is 0. The summed E-state index contributed by atoms with van der Waals surface area (Å²) in [5, 5.41) is 0.865. The summed E-state index contributed by atoms with van der Waals surface area (Å²) in [5.41, 5.74) is 2.75. The van der Waals surface area contributed by atoms with Gasteiger partial charge in [-0.05, 0) is 32.3 Å². The normalized spacial score (nSPS) is 17.0. The molecule has 0 atom stereocenters. The Balaban J connectivity index is 1.79. The Morgan fingerprint density at radius 3 is 2.66 bits per heavy atom. The predicted octanol–water partition coefficient (Wildman–Crippen LogP) is 4.79. The Bertz CT molecular complexity index is 918. The minimum atomic E-state index is 0.00306. The van der Waals surface area contributed by atoms with Crippen molar-refractivity contribution in [1.82, 2.24) is 14.8 Å². The SMILES string of the molecule is CCCCN(CC)C(=O)c1c2c(nc3ccccc13)C(=O)N(C1CCCCC1)C2. The molecule has 0 bridgehead atoms. The molecule has 1 fully saturated rings. The fourth-order valence-electron chi connectivity index (χ4n) is 4.80. The second kappa shape index (κ2) is 8.52. The van der Waals surface area contributed by atoms with Crippen LogP contribution in [-0.4, -0.2) is 45.7 Å². The van der Waals surface area contributed by atoms with Gasteiger partial charge in [0.15, 0.2) is 0 Å². The monoisotopic (exact) mass is 393 g/mol. The number of rotatable bonds is 6. The van der Waals surface area contributed by atoms with Crippen molar-refractivity contribution in [1.29, 1.82) is 0 Å². The number of carbonyl (C=O) groups excluding carboxylic acids is 2. The van der Waals surface area contributed by atoms with Crippen LogP contribution in [0.4, 0.5) is 0 Å². The Morgan fingerprint density at radius 1 is 1.17 bits per heavy atom. The number of unbranched alkanes of at least 4 members (excludes halogenated alkanes) is 1. The minimum absolute atomic E-state index is 0.00306. The third-order valence-electron chi connectivity index (χ3n) is 6.47. The van der Waals surface area contributed by atoms with Crippen LogP contribution in [0.3, 0.4) is 0 Å². The van der Waals surface area contributed by atoms with Crippen LogP contribution < -0.4 is 0 Å². The standard InChI is InChI=1S/C24H31N3O2/c1-3-5-15-26(4-2)23(28)21-18-13-9-10-14-20(18)25-22-19(21)16-27(24(22)29)17-11-7-6-8-12-17/h9-10,13-14,17H,3-8,11-12,15-16H2,1-2H3. The summed E-state index contributed by atoms with van der Waals surface area (Å²) in [4.78, 5) is 35.5. The lowest BCUT2D eigenvalue weighted by Gasteiger charge is -2.30. The van der Waals surface area contributed by atoms with E-state index >= 15 is 0 Å². The molecule has 0 unspecified atom stereocenters. The highest BCUT2D eigenvalue weighted by Crippen LogP contribution is 2.35. The molecule has 4 rings (SSSR count). The van der Waals surface area contributed by atoms with Gasteiger partial charge in [0.05, 0.1) is 11.1 Å². The number of hydrogen-bond acceptors (Lipinski definition) is 3. The number of aromatic nitrogens is 1. The third kappa shape index (κ3) is 3.63. The average Bonchev–Trinajstić information content (AvgIpc) is 3.09. The van der Waals surface area contributed by atoms with Crippen molar-refractivity contribution < 1.29 is 9.59 Å². The molecule has 0 spiro atoms. The molecule has 1 aromatic heterocycles. The van der Waals surface area contributed by atoms with Gasteiger partial charge in [0.1, 0.15) is 5.69 Å². The molecule has 2 amide bonds. The summed E-state index contributed by atoms with van der Waals surface area (Å²) in [7, 11) is 0. The largest absolute Gasteiger partial charge is 0.339 e. The molecule has 0 N–H and O–H groups in total. The van der Waals surface area contributed by atoms with Crippen molar-refractivity contribution in [3.8, 4) is 0 Å². The van der Waals surface area contributed by atoms with E-state index in [-0.39, 0.29) is 17.9 Å². The fraction of sp³-hybridized carbons (Fsp3) is 0.542. The van der Waals surface area contributed by atoms with Gasteiger partial charge < -0.3 is 9.80 Å². The minimum Gasteiger partial charge on any atom is -0.339 e. The molecule has 0 radical (unpaired) electrons. The van der Waals surface area contributed by atoms with Gasteiger partial charge in [-0.3, -0.25) is 9.59 Å². The van der Waals surface area contributed by atoms with Crippen molar-refractivity contribution >= 4 is 22.7 Å². The summed E-state index contributed by atoms with van der Waals surface area (Å²) in [6, 6.07) is 8.02. The molecule has 1 aliphatic heterocycles. The molecule has 1 aliphatic carbocycles. The third-order valence-corrected chi connectivity index (χ3v) is 6.47. The maximum absolute atomic E-state index is 13.6. The summed E-state index contributed by atoms with van der Waals surface area (Å²) in [6.07, 6.45) is 7.74. The van der Waals surface area contributed by atoms with E-state index in [1.807, 2.05) is 41.0 Å². The topological polar surface area (TPSA) is 53.5 Å². The predicted molar refractivity (Wildman–Crippen MR) is 115 cm³/mol. The van der Waals surface area contributed by atoms with Crippen LogP contribution in [-0.2, 0) is 6.54 Å². The number of fused-ring (bicyclic) bond motifs is 2. The zero-order valence-corrected chi connectivity index (χ0v) is 17.6. The van der Waals surface area contributed by atoms with Gasteiger partial charge >= 0.3 is 0 Å². The first-order valence-electron chi connectivity index (χ1n) is 11.2. The van der Waals surface area contributed by atoms with Gasteiger partial charge in [-0.1, -0.05) is 50.8 Å². The fourth-order valence-corrected chi connectivity index (χ4v) is 4.80. The van der Waals surface area contributed by atoms with E-state index in [1.54, 1.807) is 0 Å². The highest BCUT2D eigenvalue weighted by molar-refractivity contribution is 6.11. The van der Waals surface area contributed by atoms with Gasteiger partial charge in [-0.25, -0.2) is 4.98 Å². The molecule has 2 aliphatic rings. The van der Waals surface area contributed by atoms with Crippen molar-refractivity contribution in [3.05, 3.63) is 41.1 Å². The summed E-state index contributed by atoms with van der Waals surface area (Å²) in [6.45, 7) is 6.10. The van der Waals surface area contributed by atoms with E-state index in [4.69, 9.17) is 4.98 Å². The smallest absolute Gasteiger partial charge is 0.273 e. The Kier molecular flexibility index (Phi) is 5.84. The number of pyridine rings is 1. The van der Waals surface area contributed by atoms with Crippen molar-refractivity contribution in [3.63, 3.8) is 0 Å². The van der Waals surface area contributed by atoms with Crippen molar-refractivity contribution in [2.45, 2.75) is 71.4 Å². The van der Waals surface area contributed by atoms with E-state index in [9.17, 15) is 9.59 Å². The van der Waals surface area contributed by atoms with Gasteiger partial charge in [0.2, 0.25) is 0 Å². The van der Waals surface area contributed by atoms with Crippen LogP contribution in [0.15, 0.2) is 24.3 Å². The lowest BCUT2D eigenvalue weighted by molar-refractivity contribution is 0.0653. The first-order valence-corrected chi connectivity index (χ1v) is 11.2. The van der Waals surface area contributed by atoms with Gasteiger partial charge in [-0.15, -0.1) is 0 Å². The maximum Gasteiger partial charge on any atom is 0.273 e. The van der Waals surface area contributed by atoms with Crippen LogP contribution >= 0.6 is 0 Å². The molecule has 2 heterocycles. The lowest BCUT2D eigenvalue weighted by Crippen LogP contribution is -2.37. The van der Waals surface area contributed by atoms with E-state index < -0.39 is 0 Å². The summed E-state index contributed by atoms with van der Waals surface area (Å²) in [5.74, 6) is 0.0393. The molecule has 154 valence electrons. The number of para-hydroxylation sites is 1. The van der Waals surface area contributed by atoms with Crippen LogP contribution in [0, 0.1) is 0 Å². The zero-order chi connectivity index (χ0) is 20.4. The number of benzene rings is 1. The van der Waals surface area contributed by atoms with Crippen LogP contribution in [0.25, 0.3) is 10.9 Å². The molecule has 1 saturated carbocycles. The Hall–Kier alpha value is -2.43. The van der Waals surface area contributed by atoms with E-state index in [0.29, 0.717) is 24.3 Å². The lowest BCUT2D eigenvalue weighted by atomic mass is 9.94. The number of nitrogens with zero attached hydrogens (tertiary/aromatic N) is 3. The van der Waals surface area contributed by atoms with Crippen molar-refractivity contribution in [2.75, 3.05) is 13.1 Å². The maximum atomic E-state index is 13.6. The van der Waals surface area contributed by atoms with Crippen LogP contribution in [0.5, 0.6) is 0 Å². The molecule has 1 aromatic carbocycles. The molecule has 2 aromatic rings. The molecule has 0 saturated heterocycles. The number of hydrogen-bond donors (Lipinski definition) is 0. The molecular formula is C24H31N3O2. The number of carbonyl (C=O) groups is 2. The Morgan fingerprint density at radius 2 is 1.93 bits per heavy atom. The van der Waals surface area contributed by atoms with Crippen LogP contribution in [0.1, 0.15) is 85.2 Å². The van der Waals surface area contributed by atoms with Gasteiger partial charge in [0, 0.05) is 36.6 Å². The molecule has 5 heteroatoms. The van der Waals surface area contributed by atoms with Gasteiger partial charge in [0.25, 0.3) is 11.8 Å². The van der Waals surface area contributed by atoms with Gasteiger partial charge in [-0.2, -0.15) is 0 Å². The highest BCUT2D eigenvalue weighted by Gasteiger charge is 2.38. The first kappa shape index (κ1) is 19.9.